The molecule has 0 spiro atoms. The van der Waals surface area contributed by atoms with Crippen LogP contribution in [0.5, 0.6) is 0 Å². The molecule has 96 valence electrons. The Hall–Kier alpha value is -2.49. The average molecular weight is 253 g/mol. The molecule has 1 aromatic heterocycles. The van der Waals surface area contributed by atoms with Crippen molar-refractivity contribution in [1.82, 2.24) is 15.0 Å². The van der Waals surface area contributed by atoms with E-state index in [9.17, 15) is 4.79 Å². The minimum Gasteiger partial charge on any atom is -0.296 e. The van der Waals surface area contributed by atoms with E-state index in [0.717, 1.165) is 11.1 Å². The molecule has 4 heteroatoms. The van der Waals surface area contributed by atoms with Crippen LogP contribution in [-0.2, 0) is 6.54 Å². The van der Waals surface area contributed by atoms with Crippen molar-refractivity contribution in [3.63, 3.8) is 0 Å². The second-order valence-corrected chi connectivity index (χ2v) is 4.34. The molecule has 0 radical (unpaired) electrons. The summed E-state index contributed by atoms with van der Waals surface area (Å²) < 4.78 is 1.67. The predicted molar refractivity (Wildman–Crippen MR) is 75.6 cm³/mol. The molecule has 1 heterocycles. The fraction of sp³-hybridized carbons (Fsp3) is 0.133. The SMILES string of the molecule is C=C(C)Cn1nnc(C=O)c1/C=C/c1ccccc1. The predicted octanol–water partition coefficient (Wildman–Crippen LogP) is 2.84. The van der Waals surface area contributed by atoms with Crippen LogP contribution >= 0.6 is 0 Å². The van der Waals surface area contributed by atoms with Gasteiger partial charge >= 0.3 is 0 Å². The second-order valence-electron chi connectivity index (χ2n) is 4.34. The lowest BCUT2D eigenvalue weighted by Gasteiger charge is -2.02. The fourth-order valence-electron chi connectivity index (χ4n) is 1.70. The first-order valence-electron chi connectivity index (χ1n) is 5.97. The molecule has 0 atom stereocenters. The van der Waals surface area contributed by atoms with Crippen LogP contribution in [0.1, 0.15) is 28.7 Å². The van der Waals surface area contributed by atoms with E-state index >= 15 is 0 Å². The van der Waals surface area contributed by atoms with Gasteiger partial charge in [-0.1, -0.05) is 53.8 Å². The van der Waals surface area contributed by atoms with Crippen LogP contribution < -0.4 is 0 Å². The molecule has 0 unspecified atom stereocenters. The van der Waals surface area contributed by atoms with Crippen LogP contribution in [0.3, 0.4) is 0 Å². The molecule has 0 N–H and O–H groups in total. The Morgan fingerprint density at radius 3 is 2.68 bits per heavy atom. The molecule has 0 fully saturated rings. The van der Waals surface area contributed by atoms with Gasteiger partial charge < -0.3 is 0 Å². The van der Waals surface area contributed by atoms with Crippen molar-refractivity contribution in [2.45, 2.75) is 13.5 Å². The molecule has 0 aliphatic heterocycles. The van der Waals surface area contributed by atoms with Gasteiger partial charge in [-0.15, -0.1) is 5.10 Å². The van der Waals surface area contributed by atoms with Crippen LogP contribution in [0, 0.1) is 0 Å². The number of nitrogens with zero attached hydrogens (tertiary/aromatic N) is 3. The van der Waals surface area contributed by atoms with Crippen molar-refractivity contribution in [2.24, 2.45) is 0 Å². The highest BCUT2D eigenvalue weighted by Crippen LogP contribution is 2.11. The summed E-state index contributed by atoms with van der Waals surface area (Å²) >= 11 is 0. The molecule has 19 heavy (non-hydrogen) atoms. The summed E-state index contributed by atoms with van der Waals surface area (Å²) in [4.78, 5) is 11.0. The highest BCUT2D eigenvalue weighted by Gasteiger charge is 2.09. The van der Waals surface area contributed by atoms with E-state index in [1.165, 1.54) is 0 Å². The first kappa shape index (κ1) is 13.0. The number of aromatic nitrogens is 3. The van der Waals surface area contributed by atoms with Crippen LogP contribution in [0.2, 0.25) is 0 Å². The van der Waals surface area contributed by atoms with Crippen molar-refractivity contribution in [2.75, 3.05) is 0 Å². The molecule has 2 rings (SSSR count). The molecule has 2 aromatic rings. The van der Waals surface area contributed by atoms with Gasteiger partial charge in [0.05, 0.1) is 12.2 Å². The summed E-state index contributed by atoms with van der Waals surface area (Å²) in [5.74, 6) is 0. The Labute approximate surface area is 112 Å². The Morgan fingerprint density at radius 1 is 1.32 bits per heavy atom. The lowest BCUT2D eigenvalue weighted by Crippen LogP contribution is -2.03. The summed E-state index contributed by atoms with van der Waals surface area (Å²) in [6.07, 6.45) is 4.50. The zero-order chi connectivity index (χ0) is 13.7. The molecule has 1 aromatic carbocycles. The number of hydrogen-bond donors (Lipinski definition) is 0. The van der Waals surface area contributed by atoms with Crippen molar-refractivity contribution in [1.29, 1.82) is 0 Å². The molecule has 0 saturated heterocycles. The third kappa shape index (κ3) is 3.25. The molecule has 4 nitrogen and oxygen atoms in total. The van der Waals surface area contributed by atoms with E-state index in [1.54, 1.807) is 4.68 Å². The van der Waals surface area contributed by atoms with Gasteiger partial charge in [-0.05, 0) is 18.6 Å². The third-order valence-corrected chi connectivity index (χ3v) is 2.57. The van der Waals surface area contributed by atoms with Crippen molar-refractivity contribution >= 4 is 18.4 Å². The van der Waals surface area contributed by atoms with E-state index < -0.39 is 0 Å². The lowest BCUT2D eigenvalue weighted by molar-refractivity contribution is 0.111. The van der Waals surface area contributed by atoms with Crippen molar-refractivity contribution < 1.29 is 4.79 Å². The molecule has 0 bridgehead atoms. The topological polar surface area (TPSA) is 47.8 Å². The summed E-state index contributed by atoms with van der Waals surface area (Å²) in [5, 5.41) is 7.82. The summed E-state index contributed by atoms with van der Waals surface area (Å²) in [7, 11) is 0. The number of aldehydes is 1. The van der Waals surface area contributed by atoms with Crippen LogP contribution in [0.4, 0.5) is 0 Å². The number of carbonyl (C=O) groups is 1. The number of benzene rings is 1. The number of rotatable bonds is 5. The van der Waals surface area contributed by atoms with Gasteiger partial charge in [0, 0.05) is 0 Å². The largest absolute Gasteiger partial charge is 0.296 e. The van der Waals surface area contributed by atoms with E-state index in [4.69, 9.17) is 0 Å². The van der Waals surface area contributed by atoms with Crippen molar-refractivity contribution in [3.05, 3.63) is 59.4 Å². The molecule has 0 amide bonds. The Balaban J connectivity index is 2.32. The Morgan fingerprint density at radius 2 is 2.05 bits per heavy atom. The first-order chi connectivity index (χ1) is 9.20. The molecular formula is C15H15N3O. The maximum absolute atomic E-state index is 11.0. The summed E-state index contributed by atoms with van der Waals surface area (Å²) in [5.41, 5.74) is 3.05. The van der Waals surface area contributed by atoms with E-state index in [-0.39, 0.29) is 0 Å². The van der Waals surface area contributed by atoms with E-state index in [1.807, 2.05) is 49.4 Å². The number of allylic oxidation sites excluding steroid dienone is 1. The van der Waals surface area contributed by atoms with Crippen LogP contribution in [0.15, 0.2) is 42.5 Å². The zero-order valence-corrected chi connectivity index (χ0v) is 10.8. The standard InChI is InChI=1S/C15H15N3O/c1-12(2)10-18-15(14(11-19)16-17-18)9-8-13-6-4-3-5-7-13/h3-9,11H,1,10H2,2H3/b9-8+. The summed E-state index contributed by atoms with van der Waals surface area (Å²) in [6.45, 7) is 6.30. The number of hydrogen-bond acceptors (Lipinski definition) is 3. The molecule has 0 saturated carbocycles. The van der Waals surface area contributed by atoms with Gasteiger partial charge in [-0.2, -0.15) is 0 Å². The zero-order valence-electron chi connectivity index (χ0n) is 10.8. The highest BCUT2D eigenvalue weighted by atomic mass is 16.1. The van der Waals surface area contributed by atoms with E-state index in [0.29, 0.717) is 24.2 Å². The van der Waals surface area contributed by atoms with Gasteiger partial charge in [0.15, 0.2) is 12.0 Å². The maximum Gasteiger partial charge on any atom is 0.172 e. The van der Waals surface area contributed by atoms with Gasteiger partial charge in [0.1, 0.15) is 0 Å². The Kier molecular flexibility index (Phi) is 4.03. The van der Waals surface area contributed by atoms with Gasteiger partial charge in [-0.25, -0.2) is 4.68 Å². The number of carbonyl (C=O) groups excluding carboxylic acids is 1. The third-order valence-electron chi connectivity index (χ3n) is 2.57. The normalized spacial score (nSPS) is 10.8. The van der Waals surface area contributed by atoms with Crippen LogP contribution in [-0.4, -0.2) is 21.3 Å². The summed E-state index contributed by atoms with van der Waals surface area (Å²) in [6, 6.07) is 9.86. The maximum atomic E-state index is 11.0. The Bertz CT molecular complexity index is 612. The van der Waals surface area contributed by atoms with Gasteiger partial charge in [-0.3, -0.25) is 4.79 Å². The minimum absolute atomic E-state index is 0.341. The molecule has 0 aliphatic rings. The minimum atomic E-state index is 0.341. The fourth-order valence-corrected chi connectivity index (χ4v) is 1.70. The smallest absolute Gasteiger partial charge is 0.172 e. The van der Waals surface area contributed by atoms with Gasteiger partial charge in [0.25, 0.3) is 0 Å². The molecular weight excluding hydrogens is 238 g/mol. The quantitative estimate of drug-likeness (QED) is 0.608. The first-order valence-corrected chi connectivity index (χ1v) is 5.97. The molecule has 0 aliphatic carbocycles. The van der Waals surface area contributed by atoms with Gasteiger partial charge in [0.2, 0.25) is 0 Å². The van der Waals surface area contributed by atoms with E-state index in [2.05, 4.69) is 16.9 Å². The van der Waals surface area contributed by atoms with Crippen LogP contribution in [0.25, 0.3) is 12.2 Å². The monoisotopic (exact) mass is 253 g/mol. The average Bonchev–Trinajstić information content (AvgIpc) is 2.79. The van der Waals surface area contributed by atoms with Crippen molar-refractivity contribution in [3.8, 4) is 0 Å². The lowest BCUT2D eigenvalue weighted by atomic mass is 10.2. The highest BCUT2D eigenvalue weighted by molar-refractivity contribution is 5.81. The second kappa shape index (κ2) is 5.91.